The van der Waals surface area contributed by atoms with Crippen molar-refractivity contribution >= 4 is 21.9 Å². The number of piperidine rings is 1. The minimum Gasteiger partial charge on any atom is -0.496 e. The molecule has 2 fully saturated rings. The molecule has 1 atom stereocenters. The maximum atomic E-state index is 13.2. The molecule has 32 heavy (non-hydrogen) atoms. The van der Waals surface area contributed by atoms with Gasteiger partial charge in [-0.1, -0.05) is 19.8 Å². The third-order valence-electron chi connectivity index (χ3n) is 6.32. The fraction of sp³-hybridized carbons (Fsp3) is 0.652. The zero-order valence-corrected chi connectivity index (χ0v) is 20.0. The summed E-state index contributed by atoms with van der Waals surface area (Å²) in [5.74, 6) is -0.232. The molecule has 178 valence electrons. The molecular weight excluding hydrogens is 432 g/mol. The summed E-state index contributed by atoms with van der Waals surface area (Å²) in [5, 5.41) is 0. The molecule has 0 aromatic heterocycles. The molecule has 2 saturated heterocycles. The molecule has 0 N–H and O–H groups in total. The number of carbonyl (C=O) groups is 2. The molecule has 0 spiro atoms. The summed E-state index contributed by atoms with van der Waals surface area (Å²) >= 11 is 0. The highest BCUT2D eigenvalue weighted by atomic mass is 32.2. The van der Waals surface area contributed by atoms with Crippen LogP contribution in [0.5, 0.6) is 5.75 Å². The Morgan fingerprint density at radius 3 is 2.25 bits per heavy atom. The first-order valence-electron chi connectivity index (χ1n) is 11.4. The van der Waals surface area contributed by atoms with Crippen LogP contribution in [0.25, 0.3) is 0 Å². The number of carbonyl (C=O) groups excluding carboxylic acids is 2. The summed E-state index contributed by atoms with van der Waals surface area (Å²) in [5.41, 5.74) is -0.00434. The lowest BCUT2D eigenvalue weighted by atomic mass is 9.99. The molecule has 9 heteroatoms. The van der Waals surface area contributed by atoms with Crippen molar-refractivity contribution in [3.63, 3.8) is 0 Å². The fourth-order valence-electron chi connectivity index (χ4n) is 4.20. The minimum absolute atomic E-state index is 0.00434. The highest BCUT2D eigenvalue weighted by Gasteiger charge is 2.30. The number of rotatable bonds is 6. The largest absolute Gasteiger partial charge is 0.496 e. The van der Waals surface area contributed by atoms with E-state index < -0.39 is 22.1 Å². The highest BCUT2D eigenvalue weighted by Crippen LogP contribution is 2.27. The molecule has 2 aliphatic heterocycles. The average Bonchev–Trinajstić information content (AvgIpc) is 3.09. The van der Waals surface area contributed by atoms with E-state index in [2.05, 4.69) is 6.92 Å². The molecule has 0 aliphatic carbocycles. The third-order valence-corrected chi connectivity index (χ3v) is 8.22. The van der Waals surface area contributed by atoms with Crippen molar-refractivity contribution in [3.05, 3.63) is 23.8 Å². The average molecular weight is 467 g/mol. The van der Waals surface area contributed by atoms with Crippen molar-refractivity contribution in [3.8, 4) is 5.75 Å². The van der Waals surface area contributed by atoms with Crippen molar-refractivity contribution < 1.29 is 27.5 Å². The second-order valence-corrected chi connectivity index (χ2v) is 10.7. The van der Waals surface area contributed by atoms with E-state index >= 15 is 0 Å². The monoisotopic (exact) mass is 466 g/mol. The van der Waals surface area contributed by atoms with E-state index in [4.69, 9.17) is 9.47 Å². The van der Waals surface area contributed by atoms with Crippen LogP contribution >= 0.6 is 0 Å². The number of esters is 1. The molecule has 2 aliphatic rings. The molecular formula is C23H34N2O6S. The molecule has 0 unspecified atom stereocenters. The number of amides is 1. The first-order valence-corrected chi connectivity index (χ1v) is 12.9. The van der Waals surface area contributed by atoms with Crippen LogP contribution in [0.15, 0.2) is 23.1 Å². The first-order chi connectivity index (χ1) is 15.2. The lowest BCUT2D eigenvalue weighted by molar-refractivity contribution is -0.141. The van der Waals surface area contributed by atoms with E-state index in [0.717, 1.165) is 38.5 Å². The maximum Gasteiger partial charge on any atom is 0.342 e. The molecule has 0 saturated carbocycles. The number of hydrogen-bond acceptors (Lipinski definition) is 6. The molecule has 1 aromatic rings. The van der Waals surface area contributed by atoms with Gasteiger partial charge in [0.15, 0.2) is 6.10 Å². The van der Waals surface area contributed by atoms with Gasteiger partial charge in [0.25, 0.3) is 5.91 Å². The van der Waals surface area contributed by atoms with Gasteiger partial charge in [-0.15, -0.1) is 0 Å². The minimum atomic E-state index is -3.74. The van der Waals surface area contributed by atoms with Gasteiger partial charge in [-0.2, -0.15) is 4.31 Å². The smallest absolute Gasteiger partial charge is 0.342 e. The predicted molar refractivity (Wildman–Crippen MR) is 120 cm³/mol. The van der Waals surface area contributed by atoms with E-state index in [1.54, 1.807) is 11.8 Å². The van der Waals surface area contributed by atoms with Crippen molar-refractivity contribution in [2.45, 2.75) is 63.4 Å². The maximum absolute atomic E-state index is 13.2. The Bertz CT molecular complexity index is 916. The summed E-state index contributed by atoms with van der Waals surface area (Å²) in [4.78, 5) is 27.4. The lowest BCUT2D eigenvalue weighted by Gasteiger charge is -2.32. The van der Waals surface area contributed by atoms with Crippen LogP contribution in [0.2, 0.25) is 0 Å². The van der Waals surface area contributed by atoms with Crippen LogP contribution in [0.3, 0.4) is 0 Å². The summed E-state index contributed by atoms with van der Waals surface area (Å²) in [6.45, 7) is 5.93. The summed E-state index contributed by atoms with van der Waals surface area (Å²) in [6, 6.07) is 4.19. The quantitative estimate of drug-likeness (QED) is 0.598. The second kappa shape index (κ2) is 10.7. The molecule has 0 radical (unpaired) electrons. The van der Waals surface area contributed by atoms with Crippen LogP contribution in [0, 0.1) is 5.92 Å². The van der Waals surface area contributed by atoms with Crippen LogP contribution in [0.4, 0.5) is 0 Å². The molecule has 0 bridgehead atoms. The molecule has 8 nitrogen and oxygen atoms in total. The first kappa shape index (κ1) is 24.5. The Morgan fingerprint density at radius 1 is 1.03 bits per heavy atom. The Balaban J connectivity index is 1.77. The van der Waals surface area contributed by atoms with E-state index in [9.17, 15) is 18.0 Å². The highest BCUT2D eigenvalue weighted by molar-refractivity contribution is 7.89. The predicted octanol–water partition coefficient (Wildman–Crippen LogP) is 3.06. The number of nitrogens with zero attached hydrogens (tertiary/aromatic N) is 2. The third kappa shape index (κ3) is 5.61. The number of hydrogen-bond donors (Lipinski definition) is 0. The Labute approximate surface area is 190 Å². The number of likely N-dealkylation sites (tertiary alicyclic amines) is 1. The van der Waals surface area contributed by atoms with Gasteiger partial charge >= 0.3 is 5.97 Å². The van der Waals surface area contributed by atoms with Gasteiger partial charge in [0, 0.05) is 26.2 Å². The Hall–Kier alpha value is -2.13. The van der Waals surface area contributed by atoms with Gasteiger partial charge in [0.05, 0.1) is 12.0 Å². The second-order valence-electron chi connectivity index (χ2n) is 8.74. The molecule has 2 heterocycles. The van der Waals surface area contributed by atoms with Crippen LogP contribution < -0.4 is 4.74 Å². The summed E-state index contributed by atoms with van der Waals surface area (Å²) in [7, 11) is -2.34. The van der Waals surface area contributed by atoms with Crippen molar-refractivity contribution in [1.29, 1.82) is 0 Å². The topological polar surface area (TPSA) is 93.2 Å². The van der Waals surface area contributed by atoms with Crippen LogP contribution in [-0.2, 0) is 19.6 Å². The van der Waals surface area contributed by atoms with Crippen molar-refractivity contribution in [2.24, 2.45) is 5.92 Å². The van der Waals surface area contributed by atoms with Gasteiger partial charge in [-0.25, -0.2) is 13.2 Å². The van der Waals surface area contributed by atoms with Crippen LogP contribution in [0.1, 0.15) is 62.7 Å². The zero-order valence-electron chi connectivity index (χ0n) is 19.2. The van der Waals surface area contributed by atoms with Gasteiger partial charge in [0.2, 0.25) is 10.0 Å². The van der Waals surface area contributed by atoms with Gasteiger partial charge in [0.1, 0.15) is 11.3 Å². The molecule has 1 amide bonds. The van der Waals surface area contributed by atoms with E-state index in [-0.39, 0.29) is 22.1 Å². The Kier molecular flexibility index (Phi) is 8.16. The standard InChI is InChI=1S/C23H34N2O6S/c1-17-10-14-24(15-11-17)22(26)18(2)31-23(27)20-16-19(8-9-21(20)30-3)32(28,29)25-12-6-4-5-7-13-25/h8-9,16-18H,4-7,10-15H2,1-3H3/t18-/m0/s1. The van der Waals surface area contributed by atoms with E-state index in [0.29, 0.717) is 32.1 Å². The molecule has 1 aromatic carbocycles. The summed E-state index contributed by atoms with van der Waals surface area (Å²) < 4.78 is 38.5. The van der Waals surface area contributed by atoms with Gasteiger partial charge in [-0.3, -0.25) is 4.79 Å². The van der Waals surface area contributed by atoms with Crippen molar-refractivity contribution in [1.82, 2.24) is 9.21 Å². The van der Waals surface area contributed by atoms with E-state index in [1.807, 2.05) is 0 Å². The normalized spacial score (nSPS) is 19.8. The van der Waals surface area contributed by atoms with Gasteiger partial charge < -0.3 is 14.4 Å². The summed E-state index contributed by atoms with van der Waals surface area (Å²) in [6.07, 6.45) is 4.54. The SMILES string of the molecule is COc1ccc(S(=O)(=O)N2CCCCCC2)cc1C(=O)O[C@@H](C)C(=O)N1CCC(C)CC1. The fourth-order valence-corrected chi connectivity index (χ4v) is 5.74. The Morgan fingerprint density at radius 2 is 1.66 bits per heavy atom. The lowest BCUT2D eigenvalue weighted by Crippen LogP contribution is -2.44. The zero-order chi connectivity index (χ0) is 23.3. The number of ether oxygens (including phenoxy) is 2. The number of methoxy groups -OCH3 is 1. The van der Waals surface area contributed by atoms with Gasteiger partial charge in [-0.05, 0) is 56.7 Å². The van der Waals surface area contributed by atoms with E-state index in [1.165, 1.54) is 29.6 Å². The number of sulfonamides is 1. The van der Waals surface area contributed by atoms with Crippen LogP contribution in [-0.4, -0.2) is 68.9 Å². The van der Waals surface area contributed by atoms with Crippen molar-refractivity contribution in [2.75, 3.05) is 33.3 Å². The molecule has 3 rings (SSSR count). The number of benzene rings is 1.